The molecule has 0 atom stereocenters. The summed E-state index contributed by atoms with van der Waals surface area (Å²) in [6.07, 6.45) is 6.57. The molecular formula is C14H31NO2Si. The van der Waals surface area contributed by atoms with Crippen LogP contribution in [-0.4, -0.2) is 39.6 Å². The van der Waals surface area contributed by atoms with E-state index in [4.69, 9.17) is 8.85 Å². The normalized spacial score (nSPS) is 19.2. The van der Waals surface area contributed by atoms with Crippen LogP contribution in [0.4, 0.5) is 0 Å². The van der Waals surface area contributed by atoms with E-state index in [0.717, 1.165) is 0 Å². The summed E-state index contributed by atoms with van der Waals surface area (Å²) in [5.41, 5.74) is 0.617. The highest BCUT2D eigenvalue weighted by atomic mass is 28.4. The molecule has 0 spiro atoms. The Hall–Kier alpha value is 0.0969. The topological polar surface area (TPSA) is 21.7 Å². The molecule has 1 rings (SSSR count). The molecule has 0 aromatic carbocycles. The molecule has 0 heterocycles. The van der Waals surface area contributed by atoms with E-state index < -0.39 is 8.72 Å². The van der Waals surface area contributed by atoms with Crippen molar-refractivity contribution in [2.24, 2.45) is 0 Å². The van der Waals surface area contributed by atoms with Gasteiger partial charge in [-0.05, 0) is 12.8 Å². The second-order valence-electron chi connectivity index (χ2n) is 5.97. The van der Waals surface area contributed by atoms with Crippen molar-refractivity contribution >= 4 is 8.72 Å². The first-order chi connectivity index (χ1) is 8.49. The highest BCUT2D eigenvalue weighted by Gasteiger charge is 2.52. The zero-order chi connectivity index (χ0) is 13.8. The minimum Gasteiger partial charge on any atom is -0.386 e. The summed E-state index contributed by atoms with van der Waals surface area (Å²) < 4.78 is 14.6. The van der Waals surface area contributed by atoms with E-state index in [1.165, 1.54) is 32.1 Å². The summed E-state index contributed by atoms with van der Waals surface area (Å²) in [7, 11) is 1.43. The molecular weight excluding hydrogens is 242 g/mol. The van der Waals surface area contributed by atoms with Crippen LogP contribution in [0.25, 0.3) is 0 Å². The van der Waals surface area contributed by atoms with Crippen molar-refractivity contribution in [2.75, 3.05) is 14.2 Å². The smallest absolute Gasteiger partial charge is 0.386 e. The van der Waals surface area contributed by atoms with Crippen molar-refractivity contribution in [1.82, 2.24) is 4.57 Å². The molecule has 0 saturated heterocycles. The molecule has 0 unspecified atom stereocenters. The first-order valence-corrected chi connectivity index (χ1v) is 9.22. The van der Waals surface area contributed by atoms with Gasteiger partial charge in [0, 0.05) is 31.8 Å². The quantitative estimate of drug-likeness (QED) is 0.689. The molecule has 1 saturated carbocycles. The van der Waals surface area contributed by atoms with E-state index in [2.05, 4.69) is 32.3 Å². The minimum absolute atomic E-state index is 0.471. The summed E-state index contributed by atoms with van der Waals surface area (Å²) in [4.78, 5) is 0. The van der Waals surface area contributed by atoms with Crippen LogP contribution in [0.5, 0.6) is 0 Å². The van der Waals surface area contributed by atoms with Gasteiger partial charge < -0.3 is 8.85 Å². The molecule has 0 N–H and O–H groups in total. The molecule has 0 bridgehead atoms. The van der Waals surface area contributed by atoms with Gasteiger partial charge in [0.2, 0.25) is 0 Å². The van der Waals surface area contributed by atoms with Gasteiger partial charge in [0.1, 0.15) is 0 Å². The maximum atomic E-state index is 6.05. The van der Waals surface area contributed by atoms with Crippen LogP contribution < -0.4 is 0 Å². The van der Waals surface area contributed by atoms with Crippen molar-refractivity contribution in [3.05, 3.63) is 0 Å². The lowest BCUT2D eigenvalue weighted by molar-refractivity contribution is 0.108. The van der Waals surface area contributed by atoms with E-state index in [0.29, 0.717) is 17.6 Å². The average Bonchev–Trinajstić information content (AvgIpc) is 2.36. The van der Waals surface area contributed by atoms with Crippen LogP contribution in [0.2, 0.25) is 5.54 Å². The Morgan fingerprint density at radius 2 is 1.33 bits per heavy atom. The van der Waals surface area contributed by atoms with Crippen LogP contribution in [-0.2, 0) is 8.85 Å². The molecule has 1 aliphatic carbocycles. The summed E-state index contributed by atoms with van der Waals surface area (Å²) in [6.45, 7) is 9.01. The van der Waals surface area contributed by atoms with Crippen molar-refractivity contribution in [3.63, 3.8) is 0 Å². The highest BCUT2D eigenvalue weighted by Crippen LogP contribution is 2.40. The largest absolute Gasteiger partial charge is 0.430 e. The van der Waals surface area contributed by atoms with Crippen LogP contribution in [0.3, 0.4) is 0 Å². The Morgan fingerprint density at radius 1 is 0.889 bits per heavy atom. The monoisotopic (exact) mass is 273 g/mol. The fourth-order valence-corrected chi connectivity index (χ4v) is 7.88. The first-order valence-electron chi connectivity index (χ1n) is 7.38. The van der Waals surface area contributed by atoms with Gasteiger partial charge in [-0.25, -0.2) is 0 Å². The number of nitrogens with zero attached hydrogens (tertiary/aromatic N) is 1. The van der Waals surface area contributed by atoms with E-state index in [-0.39, 0.29) is 0 Å². The lowest BCUT2D eigenvalue weighted by atomic mass is 10.0. The van der Waals surface area contributed by atoms with Gasteiger partial charge in [-0.3, -0.25) is 4.57 Å². The third-order valence-electron chi connectivity index (χ3n) is 4.18. The van der Waals surface area contributed by atoms with Crippen molar-refractivity contribution < 1.29 is 8.85 Å². The molecule has 0 amide bonds. The molecule has 0 aliphatic heterocycles. The molecule has 18 heavy (non-hydrogen) atoms. The molecule has 1 fully saturated rings. The molecule has 4 heteroatoms. The molecule has 0 aromatic rings. The van der Waals surface area contributed by atoms with Crippen LogP contribution in [0.15, 0.2) is 0 Å². The van der Waals surface area contributed by atoms with Gasteiger partial charge >= 0.3 is 8.72 Å². The summed E-state index contributed by atoms with van der Waals surface area (Å²) in [5, 5.41) is 0. The van der Waals surface area contributed by atoms with Crippen molar-refractivity contribution in [3.8, 4) is 0 Å². The van der Waals surface area contributed by atoms with E-state index in [1.807, 2.05) is 14.2 Å². The van der Waals surface area contributed by atoms with Gasteiger partial charge in [0.25, 0.3) is 0 Å². The van der Waals surface area contributed by atoms with Crippen LogP contribution in [0.1, 0.15) is 59.8 Å². The SMILES string of the molecule is CO[Si](OC)(C1CCCCC1)N(C(C)C)C(C)C. The predicted octanol–water partition coefficient (Wildman–Crippen LogP) is 3.67. The molecule has 108 valence electrons. The Bertz CT molecular complexity index is 228. The van der Waals surface area contributed by atoms with E-state index >= 15 is 0 Å². The van der Waals surface area contributed by atoms with E-state index in [9.17, 15) is 0 Å². The second-order valence-corrected chi connectivity index (χ2v) is 9.38. The standard InChI is InChI=1S/C14H31NO2Si/c1-12(2)15(13(3)4)18(16-5,17-6)14-10-8-7-9-11-14/h12-14H,7-11H2,1-6H3. The lowest BCUT2D eigenvalue weighted by Crippen LogP contribution is -2.65. The van der Waals surface area contributed by atoms with Crippen molar-refractivity contribution in [2.45, 2.75) is 77.4 Å². The fourth-order valence-electron chi connectivity index (χ4n) is 3.62. The zero-order valence-electron chi connectivity index (χ0n) is 13.0. The zero-order valence-corrected chi connectivity index (χ0v) is 14.0. The summed E-state index contributed by atoms with van der Waals surface area (Å²) >= 11 is 0. The van der Waals surface area contributed by atoms with Gasteiger partial charge in [0.15, 0.2) is 0 Å². The molecule has 0 radical (unpaired) electrons. The Labute approximate surface area is 114 Å². The summed E-state index contributed by atoms with van der Waals surface area (Å²) in [5.74, 6) is 0. The Morgan fingerprint density at radius 3 is 1.67 bits per heavy atom. The third-order valence-corrected chi connectivity index (χ3v) is 8.71. The minimum atomic E-state index is -2.26. The Balaban J connectivity index is 3.01. The summed E-state index contributed by atoms with van der Waals surface area (Å²) in [6, 6.07) is 0.942. The number of hydrogen-bond acceptors (Lipinski definition) is 3. The maximum absolute atomic E-state index is 6.05. The van der Waals surface area contributed by atoms with Crippen LogP contribution >= 0.6 is 0 Å². The average molecular weight is 273 g/mol. The van der Waals surface area contributed by atoms with E-state index in [1.54, 1.807) is 0 Å². The van der Waals surface area contributed by atoms with Crippen molar-refractivity contribution in [1.29, 1.82) is 0 Å². The third kappa shape index (κ3) is 3.16. The van der Waals surface area contributed by atoms with Gasteiger partial charge in [-0.1, -0.05) is 47.0 Å². The predicted molar refractivity (Wildman–Crippen MR) is 78.7 cm³/mol. The second kappa shape index (κ2) is 7.03. The maximum Gasteiger partial charge on any atom is 0.430 e. The Kier molecular flexibility index (Phi) is 6.31. The van der Waals surface area contributed by atoms with Gasteiger partial charge in [-0.15, -0.1) is 0 Å². The molecule has 1 aliphatic rings. The van der Waals surface area contributed by atoms with Gasteiger partial charge in [0.05, 0.1) is 0 Å². The van der Waals surface area contributed by atoms with Crippen LogP contribution in [0, 0.1) is 0 Å². The lowest BCUT2D eigenvalue weighted by Gasteiger charge is -2.48. The fraction of sp³-hybridized carbons (Fsp3) is 1.00. The van der Waals surface area contributed by atoms with Gasteiger partial charge in [-0.2, -0.15) is 0 Å². The molecule has 3 nitrogen and oxygen atoms in total. The first kappa shape index (κ1) is 16.2. The number of hydrogen-bond donors (Lipinski definition) is 0. The highest BCUT2D eigenvalue weighted by molar-refractivity contribution is 6.66. The molecule has 0 aromatic heterocycles. The number of rotatable bonds is 6.